The van der Waals surface area contributed by atoms with Crippen LogP contribution in [-0.4, -0.2) is 42.1 Å². The summed E-state index contributed by atoms with van der Waals surface area (Å²) in [6, 6.07) is 19.8. The zero-order chi connectivity index (χ0) is 21.2. The van der Waals surface area contributed by atoms with Gasteiger partial charge >= 0.3 is 0 Å². The fourth-order valence-corrected chi connectivity index (χ4v) is 3.28. The van der Waals surface area contributed by atoms with Crippen LogP contribution in [0.1, 0.15) is 25.0 Å². The maximum atomic E-state index is 9.12. The van der Waals surface area contributed by atoms with Crippen molar-refractivity contribution < 1.29 is 24.2 Å². The number of benzene rings is 2. The molecule has 0 spiro atoms. The maximum Gasteiger partial charge on any atom is 0.164 e. The summed E-state index contributed by atoms with van der Waals surface area (Å²) in [6.07, 6.45) is 3.77. The molecular weight excluding hydrogens is 382 g/mol. The second-order valence-corrected chi connectivity index (χ2v) is 7.52. The molecule has 160 valence electrons. The lowest BCUT2D eigenvalue weighted by molar-refractivity contribution is -0.152. The average Bonchev–Trinajstić information content (AvgIpc) is 3.06. The van der Waals surface area contributed by atoms with Crippen LogP contribution in [0, 0.1) is 0 Å². The lowest BCUT2D eigenvalue weighted by Crippen LogP contribution is -2.38. The van der Waals surface area contributed by atoms with Gasteiger partial charge in [-0.3, -0.25) is 0 Å². The van der Waals surface area contributed by atoms with Crippen molar-refractivity contribution in [2.75, 3.05) is 6.61 Å². The summed E-state index contributed by atoms with van der Waals surface area (Å²) < 4.78 is 23.7. The smallest absolute Gasteiger partial charge is 0.164 e. The van der Waals surface area contributed by atoms with E-state index in [0.29, 0.717) is 19.8 Å². The molecule has 6 nitrogen and oxygen atoms in total. The van der Waals surface area contributed by atoms with E-state index in [1.165, 1.54) is 6.21 Å². The fraction of sp³-hybridized carbons (Fsp3) is 0.375. The van der Waals surface area contributed by atoms with Crippen molar-refractivity contribution in [2.24, 2.45) is 5.16 Å². The van der Waals surface area contributed by atoms with Crippen LogP contribution in [0.4, 0.5) is 0 Å². The third-order valence-electron chi connectivity index (χ3n) is 4.64. The number of hydrogen-bond donors (Lipinski definition) is 1. The lowest BCUT2D eigenvalue weighted by Gasteiger charge is -2.22. The van der Waals surface area contributed by atoms with Gasteiger partial charge in [-0.15, -0.1) is 0 Å². The van der Waals surface area contributed by atoms with Crippen molar-refractivity contribution in [3.63, 3.8) is 0 Å². The summed E-state index contributed by atoms with van der Waals surface area (Å²) in [6.45, 7) is 5.07. The number of nitrogens with zero attached hydrogens (tertiary/aromatic N) is 1. The van der Waals surface area contributed by atoms with Gasteiger partial charge in [-0.05, 0) is 25.0 Å². The molecule has 1 aliphatic rings. The summed E-state index contributed by atoms with van der Waals surface area (Å²) >= 11 is 0. The molecule has 1 heterocycles. The zero-order valence-electron chi connectivity index (χ0n) is 17.4. The molecule has 3 rings (SSSR count). The minimum Gasteiger partial charge on any atom is -0.411 e. The topological polar surface area (TPSA) is 69.5 Å². The lowest BCUT2D eigenvalue weighted by atomic mass is 10.1. The second-order valence-electron chi connectivity index (χ2n) is 7.52. The largest absolute Gasteiger partial charge is 0.411 e. The number of hydrogen-bond acceptors (Lipinski definition) is 6. The van der Waals surface area contributed by atoms with Gasteiger partial charge in [0.15, 0.2) is 5.79 Å². The molecular formula is C24H29NO5. The Morgan fingerprint density at radius 2 is 1.63 bits per heavy atom. The molecule has 1 unspecified atom stereocenters. The Labute approximate surface area is 177 Å². The molecule has 0 radical (unpaired) electrons. The highest BCUT2D eigenvalue weighted by molar-refractivity contribution is 5.63. The first-order valence-corrected chi connectivity index (χ1v) is 10.0. The van der Waals surface area contributed by atoms with E-state index < -0.39 is 18.0 Å². The van der Waals surface area contributed by atoms with Gasteiger partial charge in [0.1, 0.15) is 18.3 Å². The monoisotopic (exact) mass is 411 g/mol. The molecule has 0 amide bonds. The van der Waals surface area contributed by atoms with Crippen molar-refractivity contribution in [1.82, 2.24) is 0 Å². The number of oxime groups is 1. The van der Waals surface area contributed by atoms with E-state index >= 15 is 0 Å². The quantitative estimate of drug-likeness (QED) is 0.207. The second kappa shape index (κ2) is 11.0. The molecule has 0 aliphatic carbocycles. The summed E-state index contributed by atoms with van der Waals surface area (Å²) in [7, 11) is 0. The van der Waals surface area contributed by atoms with Gasteiger partial charge in [0, 0.05) is 0 Å². The minimum atomic E-state index is -0.776. The van der Waals surface area contributed by atoms with Crippen LogP contribution in [0.5, 0.6) is 0 Å². The van der Waals surface area contributed by atoms with E-state index in [9.17, 15) is 0 Å². The molecule has 0 saturated carbocycles. The molecule has 1 saturated heterocycles. The van der Waals surface area contributed by atoms with Gasteiger partial charge in [0.25, 0.3) is 0 Å². The first kappa shape index (κ1) is 22.2. The highest BCUT2D eigenvalue weighted by atomic mass is 16.8. The van der Waals surface area contributed by atoms with E-state index in [0.717, 1.165) is 11.1 Å². The summed E-state index contributed by atoms with van der Waals surface area (Å²) in [4.78, 5) is 0. The van der Waals surface area contributed by atoms with E-state index in [1.54, 1.807) is 0 Å². The summed E-state index contributed by atoms with van der Waals surface area (Å²) in [5.41, 5.74) is 2.15. The Bertz CT molecular complexity index is 807. The van der Waals surface area contributed by atoms with Crippen molar-refractivity contribution in [3.05, 3.63) is 83.9 Å². The SMILES string of the molecule is CC1(C)O[C@@H](/C=C\COCc2ccccc2)[C@@H](C(/C=N/O)OCc2ccccc2)O1. The maximum absolute atomic E-state index is 9.12. The van der Waals surface area contributed by atoms with E-state index in [2.05, 4.69) is 5.16 Å². The molecule has 0 aromatic heterocycles. The standard InChI is InChI=1S/C24H29NO5/c1-24(2)29-21(14-9-15-27-17-19-10-5-3-6-11-19)23(30-24)22(16-25-26)28-18-20-12-7-4-8-13-20/h3-14,16,21-23,26H,15,17-18H2,1-2H3/b14-9-,25-16+/t21-,22?,23-/m0/s1. The Morgan fingerprint density at radius 1 is 1.00 bits per heavy atom. The van der Waals surface area contributed by atoms with Crippen LogP contribution in [0.25, 0.3) is 0 Å². The predicted octanol–water partition coefficient (Wildman–Crippen LogP) is 4.32. The van der Waals surface area contributed by atoms with Crippen molar-refractivity contribution in [3.8, 4) is 0 Å². The van der Waals surface area contributed by atoms with E-state index in [-0.39, 0.29) is 6.10 Å². The number of rotatable bonds is 10. The Kier molecular flexibility index (Phi) is 8.16. The Balaban J connectivity index is 1.58. The van der Waals surface area contributed by atoms with E-state index in [4.69, 9.17) is 24.2 Å². The molecule has 3 atom stereocenters. The van der Waals surface area contributed by atoms with Crippen LogP contribution >= 0.6 is 0 Å². The highest BCUT2D eigenvalue weighted by Crippen LogP contribution is 2.31. The summed E-state index contributed by atoms with van der Waals surface area (Å²) in [5, 5.41) is 12.3. The van der Waals surface area contributed by atoms with Gasteiger partial charge < -0.3 is 24.2 Å². The normalized spacial score (nSPS) is 22.1. The molecule has 6 heteroatoms. The molecule has 0 bridgehead atoms. The molecule has 1 fully saturated rings. The van der Waals surface area contributed by atoms with E-state index in [1.807, 2.05) is 86.7 Å². The molecule has 30 heavy (non-hydrogen) atoms. The van der Waals surface area contributed by atoms with Crippen molar-refractivity contribution in [1.29, 1.82) is 0 Å². The Hall–Kier alpha value is -2.51. The highest BCUT2D eigenvalue weighted by Gasteiger charge is 2.44. The average molecular weight is 411 g/mol. The van der Waals surface area contributed by atoms with Crippen LogP contribution in [-0.2, 0) is 32.2 Å². The van der Waals surface area contributed by atoms with Crippen LogP contribution in [0.2, 0.25) is 0 Å². The van der Waals surface area contributed by atoms with Gasteiger partial charge in [-0.25, -0.2) is 0 Å². The third-order valence-corrected chi connectivity index (χ3v) is 4.64. The predicted molar refractivity (Wildman–Crippen MR) is 114 cm³/mol. The summed E-state index contributed by atoms with van der Waals surface area (Å²) in [5.74, 6) is -0.776. The molecule has 2 aromatic rings. The van der Waals surface area contributed by atoms with Crippen LogP contribution in [0.3, 0.4) is 0 Å². The van der Waals surface area contributed by atoms with Crippen molar-refractivity contribution >= 4 is 6.21 Å². The van der Waals surface area contributed by atoms with Gasteiger partial charge in [-0.2, -0.15) is 0 Å². The first-order chi connectivity index (χ1) is 14.6. The van der Waals surface area contributed by atoms with Crippen LogP contribution < -0.4 is 0 Å². The fourth-order valence-electron chi connectivity index (χ4n) is 3.28. The molecule has 1 aliphatic heterocycles. The number of ether oxygens (including phenoxy) is 4. The molecule has 1 N–H and O–H groups in total. The zero-order valence-corrected chi connectivity index (χ0v) is 17.4. The molecule has 2 aromatic carbocycles. The van der Waals surface area contributed by atoms with Gasteiger partial charge in [0.05, 0.1) is 26.0 Å². The first-order valence-electron chi connectivity index (χ1n) is 10.0. The third kappa shape index (κ3) is 6.78. The van der Waals surface area contributed by atoms with Crippen molar-refractivity contribution in [2.45, 2.75) is 51.2 Å². The minimum absolute atomic E-state index is 0.362. The Morgan fingerprint density at radius 3 is 2.27 bits per heavy atom. The van der Waals surface area contributed by atoms with Gasteiger partial charge in [-0.1, -0.05) is 78.0 Å². The van der Waals surface area contributed by atoms with Gasteiger partial charge in [0.2, 0.25) is 0 Å². The van der Waals surface area contributed by atoms with Crippen LogP contribution in [0.15, 0.2) is 78.0 Å².